The van der Waals surface area contributed by atoms with Crippen LogP contribution in [0, 0.1) is 0 Å². The molecule has 1 aromatic carbocycles. The normalized spacial score (nSPS) is 14.7. The third kappa shape index (κ3) is 3.57. The number of aromatic nitrogens is 2. The number of halogens is 1. The van der Waals surface area contributed by atoms with Crippen molar-refractivity contribution in [1.82, 2.24) is 9.97 Å². The number of nitrogens with zero attached hydrogens (tertiary/aromatic N) is 3. The molecule has 1 saturated heterocycles. The Morgan fingerprint density at radius 1 is 1.17 bits per heavy atom. The highest BCUT2D eigenvalue weighted by atomic mass is 35.5. The number of hydrogen-bond acceptors (Lipinski definition) is 7. The van der Waals surface area contributed by atoms with Crippen molar-refractivity contribution in [2.24, 2.45) is 0 Å². The predicted octanol–water partition coefficient (Wildman–Crippen LogP) is 1.74. The van der Waals surface area contributed by atoms with Gasteiger partial charge in [0.15, 0.2) is 11.0 Å². The monoisotopic (exact) mass is 334 g/mol. The van der Waals surface area contributed by atoms with Crippen LogP contribution in [0.15, 0.2) is 24.3 Å². The molecule has 2 heterocycles. The summed E-state index contributed by atoms with van der Waals surface area (Å²) >= 11 is 5.94. The fraction of sp³-hybridized carbons (Fsp3) is 0.333. The van der Waals surface area contributed by atoms with Crippen molar-refractivity contribution in [2.45, 2.75) is 6.54 Å². The quantitative estimate of drug-likeness (QED) is 0.732. The molecule has 2 aromatic rings. The van der Waals surface area contributed by atoms with Crippen LogP contribution in [0.2, 0.25) is 5.15 Å². The molecular formula is C15H19ClN6O. The molecule has 8 heteroatoms. The van der Waals surface area contributed by atoms with E-state index in [0.29, 0.717) is 18.1 Å². The third-order valence-corrected chi connectivity index (χ3v) is 3.99. The molecule has 23 heavy (non-hydrogen) atoms. The van der Waals surface area contributed by atoms with E-state index in [1.54, 1.807) is 0 Å². The average Bonchev–Trinajstić information content (AvgIpc) is 2.58. The molecule has 1 aliphatic rings. The molecule has 7 nitrogen and oxygen atoms in total. The second-order valence-electron chi connectivity index (χ2n) is 5.22. The van der Waals surface area contributed by atoms with Gasteiger partial charge in [0.25, 0.3) is 0 Å². The molecule has 0 spiro atoms. The molecule has 0 bridgehead atoms. The van der Waals surface area contributed by atoms with Gasteiger partial charge in [-0.1, -0.05) is 29.8 Å². The molecule has 0 atom stereocenters. The van der Waals surface area contributed by atoms with Crippen LogP contribution < -0.4 is 21.7 Å². The summed E-state index contributed by atoms with van der Waals surface area (Å²) in [6.07, 6.45) is 0. The van der Waals surface area contributed by atoms with Gasteiger partial charge in [0.05, 0.1) is 13.2 Å². The highest BCUT2D eigenvalue weighted by Crippen LogP contribution is 2.27. The minimum atomic E-state index is 0.0909. The number of rotatable bonds is 4. The Bertz CT molecular complexity index is 690. The molecule has 1 fully saturated rings. The first-order valence-corrected chi connectivity index (χ1v) is 7.76. The number of ether oxygens (including phenoxy) is 1. The fourth-order valence-corrected chi connectivity index (χ4v) is 2.72. The number of para-hydroxylation sites is 1. The number of morpholine rings is 1. The number of nitrogens with two attached hydrogens (primary N) is 2. The molecule has 0 saturated carbocycles. The van der Waals surface area contributed by atoms with Crippen molar-refractivity contribution in [3.05, 3.63) is 35.0 Å². The summed E-state index contributed by atoms with van der Waals surface area (Å²) in [5, 5.41) is 3.35. The van der Waals surface area contributed by atoms with Gasteiger partial charge >= 0.3 is 0 Å². The van der Waals surface area contributed by atoms with Crippen molar-refractivity contribution >= 4 is 34.7 Å². The van der Waals surface area contributed by atoms with Crippen molar-refractivity contribution < 1.29 is 4.74 Å². The van der Waals surface area contributed by atoms with E-state index in [4.69, 9.17) is 27.8 Å². The predicted molar refractivity (Wildman–Crippen MR) is 92.7 cm³/mol. The number of nitrogens with one attached hydrogen (secondary N) is 1. The molecule has 0 unspecified atom stereocenters. The lowest BCUT2D eigenvalue weighted by Gasteiger charge is -2.30. The first kappa shape index (κ1) is 15.6. The summed E-state index contributed by atoms with van der Waals surface area (Å²) in [5.41, 5.74) is 14.1. The maximum atomic E-state index is 5.94. The zero-order valence-corrected chi connectivity index (χ0v) is 13.4. The Kier molecular flexibility index (Phi) is 4.68. The van der Waals surface area contributed by atoms with Crippen molar-refractivity contribution in [3.8, 4) is 0 Å². The van der Waals surface area contributed by atoms with E-state index in [-0.39, 0.29) is 11.1 Å². The second-order valence-corrected chi connectivity index (χ2v) is 5.57. The van der Waals surface area contributed by atoms with E-state index in [2.05, 4.69) is 32.3 Å². The van der Waals surface area contributed by atoms with Crippen LogP contribution in [-0.2, 0) is 11.3 Å². The minimum Gasteiger partial charge on any atom is -0.393 e. The number of hydrogen-bond donors (Lipinski definition) is 3. The lowest BCUT2D eigenvalue weighted by atomic mass is 10.1. The van der Waals surface area contributed by atoms with Crippen LogP contribution in [0.1, 0.15) is 5.56 Å². The van der Waals surface area contributed by atoms with Gasteiger partial charge in [-0.3, -0.25) is 0 Å². The van der Waals surface area contributed by atoms with E-state index in [9.17, 15) is 0 Å². The SMILES string of the molecule is Nc1nc(Cl)c(N)c(NCc2ccccc2N2CCOCC2)n1. The summed E-state index contributed by atoms with van der Waals surface area (Å²) < 4.78 is 5.41. The fourth-order valence-electron chi connectivity index (χ4n) is 2.55. The number of nitrogen functional groups attached to an aromatic ring is 2. The minimum absolute atomic E-state index is 0.0909. The Morgan fingerprint density at radius 3 is 2.70 bits per heavy atom. The molecule has 0 aliphatic carbocycles. The van der Waals surface area contributed by atoms with Gasteiger partial charge in [0.2, 0.25) is 5.95 Å². The van der Waals surface area contributed by atoms with E-state index in [1.165, 1.54) is 5.69 Å². The van der Waals surface area contributed by atoms with Gasteiger partial charge < -0.3 is 26.4 Å². The summed E-state index contributed by atoms with van der Waals surface area (Å²) in [6, 6.07) is 8.21. The van der Waals surface area contributed by atoms with Crippen LogP contribution >= 0.6 is 11.6 Å². The lowest BCUT2D eigenvalue weighted by molar-refractivity contribution is 0.122. The standard InChI is InChI=1S/C15H19ClN6O/c16-13-12(17)14(21-15(18)20-13)19-9-10-3-1-2-4-11(10)22-5-7-23-8-6-22/h1-4H,5-9,17H2,(H3,18,19,20,21). The van der Waals surface area contributed by atoms with E-state index >= 15 is 0 Å². The molecular weight excluding hydrogens is 316 g/mol. The third-order valence-electron chi connectivity index (χ3n) is 3.71. The zero-order valence-electron chi connectivity index (χ0n) is 12.6. The Hall–Kier alpha value is -2.25. The van der Waals surface area contributed by atoms with Gasteiger partial charge in [-0.2, -0.15) is 9.97 Å². The zero-order chi connectivity index (χ0) is 16.2. The van der Waals surface area contributed by atoms with Crippen LogP contribution in [0.5, 0.6) is 0 Å². The van der Waals surface area contributed by atoms with Gasteiger partial charge in [-0.05, 0) is 11.6 Å². The Morgan fingerprint density at radius 2 is 1.91 bits per heavy atom. The molecule has 1 aliphatic heterocycles. The summed E-state index contributed by atoms with van der Waals surface area (Å²) in [5.74, 6) is 0.535. The first-order chi connectivity index (χ1) is 11.1. The van der Waals surface area contributed by atoms with Crippen molar-refractivity contribution in [2.75, 3.05) is 48.0 Å². The second kappa shape index (κ2) is 6.89. The molecule has 0 amide bonds. The average molecular weight is 335 g/mol. The highest BCUT2D eigenvalue weighted by molar-refractivity contribution is 6.32. The molecule has 3 rings (SSSR count). The van der Waals surface area contributed by atoms with E-state index in [0.717, 1.165) is 31.9 Å². The molecule has 5 N–H and O–H groups in total. The van der Waals surface area contributed by atoms with Crippen LogP contribution in [0.3, 0.4) is 0 Å². The van der Waals surface area contributed by atoms with Crippen LogP contribution in [0.4, 0.5) is 23.1 Å². The first-order valence-electron chi connectivity index (χ1n) is 7.38. The van der Waals surface area contributed by atoms with E-state index < -0.39 is 0 Å². The lowest BCUT2D eigenvalue weighted by Crippen LogP contribution is -2.36. The van der Waals surface area contributed by atoms with E-state index in [1.807, 2.05) is 12.1 Å². The maximum Gasteiger partial charge on any atom is 0.223 e. The van der Waals surface area contributed by atoms with Crippen molar-refractivity contribution in [1.29, 1.82) is 0 Å². The van der Waals surface area contributed by atoms with Crippen LogP contribution in [-0.4, -0.2) is 36.3 Å². The highest BCUT2D eigenvalue weighted by Gasteiger charge is 2.15. The van der Waals surface area contributed by atoms with Crippen LogP contribution in [0.25, 0.3) is 0 Å². The smallest absolute Gasteiger partial charge is 0.223 e. The summed E-state index contributed by atoms with van der Waals surface area (Å²) in [4.78, 5) is 10.2. The van der Waals surface area contributed by atoms with Gasteiger partial charge in [0, 0.05) is 25.3 Å². The number of benzene rings is 1. The summed E-state index contributed by atoms with van der Waals surface area (Å²) in [6.45, 7) is 3.81. The van der Waals surface area contributed by atoms with Gasteiger partial charge in [0.1, 0.15) is 5.69 Å². The maximum absolute atomic E-state index is 5.94. The molecule has 0 radical (unpaired) electrons. The largest absolute Gasteiger partial charge is 0.393 e. The van der Waals surface area contributed by atoms with Gasteiger partial charge in [-0.15, -0.1) is 0 Å². The Balaban J connectivity index is 1.78. The van der Waals surface area contributed by atoms with Crippen molar-refractivity contribution in [3.63, 3.8) is 0 Å². The molecule has 122 valence electrons. The summed E-state index contributed by atoms with van der Waals surface area (Å²) in [7, 11) is 0. The number of anilines is 4. The molecule has 1 aromatic heterocycles. The topological polar surface area (TPSA) is 102 Å². The van der Waals surface area contributed by atoms with Gasteiger partial charge in [-0.25, -0.2) is 0 Å². The Labute approximate surface area is 139 Å².